The highest BCUT2D eigenvalue weighted by atomic mass is 32.1. The molecule has 22 heavy (non-hydrogen) atoms. The fourth-order valence-electron chi connectivity index (χ4n) is 2.66. The number of anilines is 1. The topological polar surface area (TPSA) is 92.8 Å². The zero-order valence-electron chi connectivity index (χ0n) is 11.4. The van der Waals surface area contributed by atoms with Crippen LogP contribution in [0.5, 0.6) is 0 Å². The third-order valence-electron chi connectivity index (χ3n) is 3.75. The molecular weight excluding hydrogens is 306 g/mol. The van der Waals surface area contributed by atoms with E-state index in [4.69, 9.17) is 12.2 Å². The Balaban J connectivity index is 1.85. The Labute approximate surface area is 131 Å². The predicted octanol–water partition coefficient (Wildman–Crippen LogP) is -1.13. The van der Waals surface area contributed by atoms with Crippen molar-refractivity contribution < 1.29 is 19.5 Å². The number of nitrogens with one attached hydrogen (secondary N) is 1. The van der Waals surface area contributed by atoms with Crippen LogP contribution in [0.2, 0.25) is 0 Å². The number of hydrogen-bond donors (Lipinski definition) is 1. The maximum Gasteiger partial charge on any atom is 0.257 e. The van der Waals surface area contributed by atoms with Gasteiger partial charge in [-0.2, -0.15) is 0 Å². The van der Waals surface area contributed by atoms with E-state index in [1.807, 2.05) is 0 Å². The second kappa shape index (κ2) is 5.38. The Hall–Kier alpha value is -2.48. The normalized spacial score (nSPS) is 21.5. The van der Waals surface area contributed by atoms with Gasteiger partial charge in [0.2, 0.25) is 5.91 Å². The van der Waals surface area contributed by atoms with Gasteiger partial charge in [0.15, 0.2) is 5.11 Å². The van der Waals surface area contributed by atoms with E-state index in [0.717, 1.165) is 4.90 Å². The monoisotopic (exact) mass is 318 g/mol. The van der Waals surface area contributed by atoms with Crippen molar-refractivity contribution in [3.8, 4) is 0 Å². The Bertz CT molecular complexity index is 673. The molecule has 3 rings (SSSR count). The number of amides is 2. The van der Waals surface area contributed by atoms with Gasteiger partial charge in [-0.1, -0.05) is 12.1 Å². The third kappa shape index (κ3) is 2.31. The second-order valence-electron chi connectivity index (χ2n) is 5.05. The molecule has 2 saturated heterocycles. The van der Waals surface area contributed by atoms with E-state index in [0.29, 0.717) is 23.9 Å². The molecule has 2 aliphatic heterocycles. The number of carboxylic acids is 1. The van der Waals surface area contributed by atoms with Crippen molar-refractivity contribution in [3.63, 3.8) is 0 Å². The van der Waals surface area contributed by atoms with Gasteiger partial charge >= 0.3 is 0 Å². The first kappa shape index (κ1) is 14.5. The Morgan fingerprint density at radius 3 is 2.50 bits per heavy atom. The summed E-state index contributed by atoms with van der Waals surface area (Å²) in [6, 6.07) is 4.85. The lowest BCUT2D eigenvalue weighted by molar-refractivity contribution is -0.255. The number of hydrogen-bond acceptors (Lipinski definition) is 5. The molecule has 1 aromatic rings. The van der Waals surface area contributed by atoms with E-state index in [1.165, 1.54) is 24.3 Å². The molecule has 2 heterocycles. The SMILES string of the molecule is O=C([O-])c1ccc(N2C(=O)C[C@@H](N3CCNC3=S)C2=O)cc1. The summed E-state index contributed by atoms with van der Waals surface area (Å²) in [5.74, 6) is -1.99. The van der Waals surface area contributed by atoms with E-state index in [-0.39, 0.29) is 23.8 Å². The average molecular weight is 318 g/mol. The smallest absolute Gasteiger partial charge is 0.257 e. The van der Waals surface area contributed by atoms with Crippen molar-refractivity contribution in [2.24, 2.45) is 0 Å². The predicted molar refractivity (Wildman–Crippen MR) is 79.0 cm³/mol. The van der Waals surface area contributed by atoms with Crippen LogP contribution in [0.4, 0.5) is 5.69 Å². The van der Waals surface area contributed by atoms with Gasteiger partial charge in [0.05, 0.1) is 18.1 Å². The molecule has 2 fully saturated rings. The fraction of sp³-hybridized carbons (Fsp3) is 0.286. The molecule has 0 radical (unpaired) electrons. The third-order valence-corrected chi connectivity index (χ3v) is 4.13. The summed E-state index contributed by atoms with van der Waals surface area (Å²) in [7, 11) is 0. The maximum absolute atomic E-state index is 12.5. The highest BCUT2D eigenvalue weighted by Gasteiger charge is 2.44. The minimum atomic E-state index is -1.31. The number of thiocarbonyl (C=S) groups is 1. The van der Waals surface area contributed by atoms with Crippen molar-refractivity contribution >= 4 is 40.8 Å². The van der Waals surface area contributed by atoms with Crippen LogP contribution < -0.4 is 15.3 Å². The van der Waals surface area contributed by atoms with E-state index in [2.05, 4.69) is 5.32 Å². The van der Waals surface area contributed by atoms with Gasteiger partial charge in [0, 0.05) is 13.1 Å². The summed E-state index contributed by atoms with van der Waals surface area (Å²) in [5.41, 5.74) is 0.338. The Morgan fingerprint density at radius 2 is 1.95 bits per heavy atom. The van der Waals surface area contributed by atoms with Gasteiger partial charge in [-0.25, -0.2) is 4.90 Å². The average Bonchev–Trinajstić information content (AvgIpc) is 3.02. The number of benzene rings is 1. The second-order valence-corrected chi connectivity index (χ2v) is 5.43. The van der Waals surface area contributed by atoms with Crippen molar-refractivity contribution in [2.75, 3.05) is 18.0 Å². The number of aromatic carboxylic acids is 1. The summed E-state index contributed by atoms with van der Waals surface area (Å²) >= 11 is 5.13. The van der Waals surface area contributed by atoms with Crippen LogP contribution in [0.25, 0.3) is 0 Å². The number of nitrogens with zero attached hydrogens (tertiary/aromatic N) is 2. The largest absolute Gasteiger partial charge is 0.545 e. The molecule has 0 bridgehead atoms. The number of carbonyl (C=O) groups is 3. The van der Waals surface area contributed by atoms with E-state index in [9.17, 15) is 19.5 Å². The zero-order valence-corrected chi connectivity index (χ0v) is 12.3. The lowest BCUT2D eigenvalue weighted by atomic mass is 10.2. The molecule has 1 atom stereocenters. The molecular formula is C14H12N3O4S-. The maximum atomic E-state index is 12.5. The van der Waals surface area contributed by atoms with Crippen molar-refractivity contribution in [3.05, 3.63) is 29.8 Å². The van der Waals surface area contributed by atoms with Crippen molar-refractivity contribution in [1.82, 2.24) is 10.2 Å². The molecule has 1 N–H and O–H groups in total. The van der Waals surface area contributed by atoms with Crippen LogP contribution in [0.3, 0.4) is 0 Å². The molecule has 0 aromatic heterocycles. The molecule has 7 nitrogen and oxygen atoms in total. The first-order valence-corrected chi connectivity index (χ1v) is 7.12. The molecule has 0 spiro atoms. The molecule has 0 unspecified atom stereocenters. The number of carboxylic acid groups (broad SMARTS) is 1. The highest BCUT2D eigenvalue weighted by Crippen LogP contribution is 2.26. The first-order chi connectivity index (χ1) is 10.5. The molecule has 0 saturated carbocycles. The van der Waals surface area contributed by atoms with Crippen molar-refractivity contribution in [1.29, 1.82) is 0 Å². The minimum Gasteiger partial charge on any atom is -0.545 e. The fourth-order valence-corrected chi connectivity index (χ4v) is 2.98. The lowest BCUT2D eigenvalue weighted by Gasteiger charge is -2.23. The lowest BCUT2D eigenvalue weighted by Crippen LogP contribution is -2.43. The van der Waals surface area contributed by atoms with E-state index in [1.54, 1.807) is 4.90 Å². The van der Waals surface area contributed by atoms with Gasteiger partial charge in [-0.3, -0.25) is 9.59 Å². The standard InChI is InChI=1S/C14H13N3O4S/c18-11-7-10(16-6-5-15-14(16)22)12(19)17(11)9-3-1-8(2-4-9)13(20)21/h1-4,10H,5-7H2,(H,15,22)(H,20,21)/p-1/t10-/m1/s1. The summed E-state index contributed by atoms with van der Waals surface area (Å²) in [6.07, 6.45) is 0.0584. The minimum absolute atomic E-state index is 0.00989. The van der Waals surface area contributed by atoms with Crippen molar-refractivity contribution in [2.45, 2.75) is 12.5 Å². The van der Waals surface area contributed by atoms with E-state index >= 15 is 0 Å². The van der Waals surface area contributed by atoms with E-state index < -0.39 is 12.0 Å². The van der Waals surface area contributed by atoms with Gasteiger partial charge < -0.3 is 20.1 Å². The van der Waals surface area contributed by atoms with Crippen LogP contribution in [0.1, 0.15) is 16.8 Å². The van der Waals surface area contributed by atoms with Crippen LogP contribution in [-0.4, -0.2) is 46.9 Å². The summed E-state index contributed by atoms with van der Waals surface area (Å²) in [4.78, 5) is 38.2. The van der Waals surface area contributed by atoms with Crippen LogP contribution in [0.15, 0.2) is 24.3 Å². The number of rotatable bonds is 3. The molecule has 1 aromatic carbocycles. The molecule has 114 valence electrons. The van der Waals surface area contributed by atoms with Crippen LogP contribution in [0, 0.1) is 0 Å². The van der Waals surface area contributed by atoms with Gasteiger partial charge in [-0.15, -0.1) is 0 Å². The molecule has 2 aliphatic rings. The highest BCUT2D eigenvalue weighted by molar-refractivity contribution is 7.80. The summed E-state index contributed by atoms with van der Waals surface area (Å²) in [6.45, 7) is 1.23. The Morgan fingerprint density at radius 1 is 1.27 bits per heavy atom. The summed E-state index contributed by atoms with van der Waals surface area (Å²) < 4.78 is 0. The number of carbonyl (C=O) groups excluding carboxylic acids is 3. The number of imide groups is 1. The Kier molecular flexibility index (Phi) is 3.53. The molecule has 2 amide bonds. The van der Waals surface area contributed by atoms with Gasteiger partial charge in [0.1, 0.15) is 6.04 Å². The van der Waals surface area contributed by atoms with Gasteiger partial charge in [0.25, 0.3) is 5.91 Å². The zero-order chi connectivity index (χ0) is 15.9. The van der Waals surface area contributed by atoms with Crippen LogP contribution >= 0.6 is 12.2 Å². The molecule has 8 heteroatoms. The summed E-state index contributed by atoms with van der Waals surface area (Å²) in [5, 5.41) is 14.2. The van der Waals surface area contributed by atoms with Gasteiger partial charge in [-0.05, 0) is 29.9 Å². The first-order valence-electron chi connectivity index (χ1n) is 6.71. The quantitative estimate of drug-likeness (QED) is 0.557. The van der Waals surface area contributed by atoms with Crippen LogP contribution in [-0.2, 0) is 9.59 Å². The molecule has 0 aliphatic carbocycles.